The number of carbonyl (C=O) groups excluding carboxylic acids is 1. The zero-order valence-corrected chi connectivity index (χ0v) is 15.1. The summed E-state index contributed by atoms with van der Waals surface area (Å²) < 4.78 is 15.6. The lowest BCUT2D eigenvalue weighted by atomic mass is 10.1. The van der Waals surface area contributed by atoms with Crippen LogP contribution in [-0.4, -0.2) is 22.7 Å². The van der Waals surface area contributed by atoms with Crippen molar-refractivity contribution in [1.82, 2.24) is 10.1 Å². The lowest BCUT2D eigenvalue weighted by Crippen LogP contribution is -2.14. The van der Waals surface area contributed by atoms with Gasteiger partial charge < -0.3 is 14.0 Å². The highest BCUT2D eigenvalue weighted by atomic mass is 35.5. The number of carbonyl (C=O) groups is 1. The second-order valence-electron chi connectivity index (χ2n) is 5.69. The van der Waals surface area contributed by atoms with Crippen LogP contribution in [0.15, 0.2) is 47.0 Å². The van der Waals surface area contributed by atoms with E-state index in [4.69, 9.17) is 25.6 Å². The fourth-order valence-electron chi connectivity index (χ4n) is 2.28. The number of aromatic nitrogens is 2. The van der Waals surface area contributed by atoms with E-state index in [1.165, 1.54) is 0 Å². The SMILES string of the molecule is Cc1cc(OCC(=O)OCc2nc(-c3ccccc3C)no2)ccc1Cl. The summed E-state index contributed by atoms with van der Waals surface area (Å²) in [6.07, 6.45) is 0. The first-order valence-electron chi connectivity index (χ1n) is 7.96. The number of esters is 1. The summed E-state index contributed by atoms with van der Waals surface area (Å²) in [6, 6.07) is 12.8. The van der Waals surface area contributed by atoms with E-state index in [0.717, 1.165) is 16.7 Å². The average molecular weight is 373 g/mol. The molecule has 0 saturated carbocycles. The van der Waals surface area contributed by atoms with E-state index in [1.54, 1.807) is 18.2 Å². The number of benzene rings is 2. The van der Waals surface area contributed by atoms with Gasteiger partial charge in [0.2, 0.25) is 5.82 Å². The van der Waals surface area contributed by atoms with Gasteiger partial charge in [0.25, 0.3) is 5.89 Å². The predicted molar refractivity (Wildman–Crippen MR) is 96.0 cm³/mol. The van der Waals surface area contributed by atoms with E-state index in [1.807, 2.05) is 38.1 Å². The number of ether oxygens (including phenoxy) is 2. The van der Waals surface area contributed by atoms with Crippen LogP contribution in [0.25, 0.3) is 11.4 Å². The third-order valence-corrected chi connectivity index (χ3v) is 4.12. The van der Waals surface area contributed by atoms with Crippen LogP contribution in [0.5, 0.6) is 5.75 Å². The summed E-state index contributed by atoms with van der Waals surface area (Å²) >= 11 is 5.95. The van der Waals surface area contributed by atoms with Crippen molar-refractivity contribution in [2.75, 3.05) is 6.61 Å². The maximum Gasteiger partial charge on any atom is 0.344 e. The van der Waals surface area contributed by atoms with Gasteiger partial charge in [0.05, 0.1) is 0 Å². The highest BCUT2D eigenvalue weighted by Crippen LogP contribution is 2.21. The summed E-state index contributed by atoms with van der Waals surface area (Å²) in [6.45, 7) is 3.48. The van der Waals surface area contributed by atoms with E-state index in [0.29, 0.717) is 16.6 Å². The van der Waals surface area contributed by atoms with Crippen LogP contribution in [0.4, 0.5) is 0 Å². The molecule has 0 N–H and O–H groups in total. The molecule has 0 bridgehead atoms. The Morgan fingerprint density at radius 2 is 1.96 bits per heavy atom. The molecule has 0 fully saturated rings. The molecule has 0 saturated heterocycles. The molecule has 0 spiro atoms. The molecule has 6 nitrogen and oxygen atoms in total. The first-order valence-corrected chi connectivity index (χ1v) is 8.34. The number of hydrogen-bond donors (Lipinski definition) is 0. The fourth-order valence-corrected chi connectivity index (χ4v) is 2.40. The molecule has 3 aromatic rings. The van der Waals surface area contributed by atoms with Gasteiger partial charge in [-0.3, -0.25) is 0 Å². The van der Waals surface area contributed by atoms with Gasteiger partial charge in [0.15, 0.2) is 13.2 Å². The molecule has 26 heavy (non-hydrogen) atoms. The Morgan fingerprint density at radius 3 is 2.73 bits per heavy atom. The van der Waals surface area contributed by atoms with Gasteiger partial charge in [-0.05, 0) is 43.2 Å². The summed E-state index contributed by atoms with van der Waals surface area (Å²) in [5.41, 5.74) is 2.77. The van der Waals surface area contributed by atoms with E-state index in [2.05, 4.69) is 10.1 Å². The number of hydrogen-bond acceptors (Lipinski definition) is 6. The van der Waals surface area contributed by atoms with E-state index >= 15 is 0 Å². The van der Waals surface area contributed by atoms with Crippen LogP contribution in [0.3, 0.4) is 0 Å². The van der Waals surface area contributed by atoms with Crippen molar-refractivity contribution in [3.05, 3.63) is 64.5 Å². The molecule has 1 aromatic heterocycles. The van der Waals surface area contributed by atoms with Crippen LogP contribution in [0.1, 0.15) is 17.0 Å². The molecule has 0 radical (unpaired) electrons. The van der Waals surface area contributed by atoms with Crippen LogP contribution in [0, 0.1) is 13.8 Å². The molecule has 0 aliphatic heterocycles. The Hall–Kier alpha value is -2.86. The largest absolute Gasteiger partial charge is 0.482 e. The first kappa shape index (κ1) is 17.9. The average Bonchev–Trinajstić information content (AvgIpc) is 3.10. The molecule has 0 unspecified atom stereocenters. The summed E-state index contributed by atoms with van der Waals surface area (Å²) in [5, 5.41) is 4.56. The molecule has 3 rings (SSSR count). The first-order chi connectivity index (χ1) is 12.5. The molecule has 0 atom stereocenters. The summed E-state index contributed by atoms with van der Waals surface area (Å²) in [5.74, 6) is 0.692. The highest BCUT2D eigenvalue weighted by Gasteiger charge is 2.13. The van der Waals surface area contributed by atoms with Gasteiger partial charge in [0.1, 0.15) is 5.75 Å². The van der Waals surface area contributed by atoms with Crippen LogP contribution in [-0.2, 0) is 16.1 Å². The van der Waals surface area contributed by atoms with Crippen molar-refractivity contribution in [1.29, 1.82) is 0 Å². The second-order valence-corrected chi connectivity index (χ2v) is 6.09. The minimum atomic E-state index is -0.534. The second kappa shape index (κ2) is 8.01. The predicted octanol–water partition coefficient (Wildman–Crippen LogP) is 4.13. The summed E-state index contributed by atoms with van der Waals surface area (Å²) in [7, 11) is 0. The van der Waals surface area contributed by atoms with E-state index < -0.39 is 5.97 Å². The Kier molecular flexibility index (Phi) is 5.53. The number of halogens is 1. The van der Waals surface area contributed by atoms with Crippen molar-refractivity contribution in [2.24, 2.45) is 0 Å². The number of rotatable bonds is 6. The molecule has 1 heterocycles. The molecule has 134 valence electrons. The van der Waals surface area contributed by atoms with Gasteiger partial charge in [-0.15, -0.1) is 0 Å². The monoisotopic (exact) mass is 372 g/mol. The molecule has 7 heteroatoms. The third kappa shape index (κ3) is 4.40. The van der Waals surface area contributed by atoms with Crippen molar-refractivity contribution in [2.45, 2.75) is 20.5 Å². The summed E-state index contributed by atoms with van der Waals surface area (Å²) in [4.78, 5) is 16.1. The van der Waals surface area contributed by atoms with E-state index in [-0.39, 0.29) is 19.1 Å². The Bertz CT molecular complexity index is 923. The minimum absolute atomic E-state index is 0.110. The van der Waals surface area contributed by atoms with Crippen molar-refractivity contribution in [3.63, 3.8) is 0 Å². The molecule has 0 aliphatic carbocycles. The highest BCUT2D eigenvalue weighted by molar-refractivity contribution is 6.31. The maximum absolute atomic E-state index is 11.8. The van der Waals surface area contributed by atoms with Gasteiger partial charge in [-0.1, -0.05) is 41.0 Å². The lowest BCUT2D eigenvalue weighted by Gasteiger charge is -2.07. The smallest absolute Gasteiger partial charge is 0.344 e. The minimum Gasteiger partial charge on any atom is -0.482 e. The molecule has 2 aromatic carbocycles. The number of nitrogens with zero attached hydrogens (tertiary/aromatic N) is 2. The Labute approximate surface area is 155 Å². The Balaban J connectivity index is 1.52. The van der Waals surface area contributed by atoms with Gasteiger partial charge in [0, 0.05) is 10.6 Å². The molecular weight excluding hydrogens is 356 g/mol. The zero-order valence-electron chi connectivity index (χ0n) is 14.4. The molecule has 0 amide bonds. The van der Waals surface area contributed by atoms with Crippen LogP contribution >= 0.6 is 11.6 Å². The topological polar surface area (TPSA) is 74.5 Å². The fraction of sp³-hybridized carbons (Fsp3) is 0.211. The van der Waals surface area contributed by atoms with Crippen molar-refractivity contribution in [3.8, 4) is 17.1 Å². The number of aryl methyl sites for hydroxylation is 2. The quantitative estimate of drug-likeness (QED) is 0.606. The third-order valence-electron chi connectivity index (χ3n) is 3.70. The standard InChI is InChI=1S/C19H17ClN2O4/c1-12-5-3-4-6-15(12)19-21-17(26-22-19)10-25-18(23)11-24-14-7-8-16(20)13(2)9-14/h3-9H,10-11H2,1-2H3. The van der Waals surface area contributed by atoms with Gasteiger partial charge >= 0.3 is 5.97 Å². The van der Waals surface area contributed by atoms with E-state index in [9.17, 15) is 4.79 Å². The van der Waals surface area contributed by atoms with Crippen molar-refractivity contribution < 1.29 is 18.8 Å². The van der Waals surface area contributed by atoms with Crippen molar-refractivity contribution >= 4 is 17.6 Å². The van der Waals surface area contributed by atoms with Gasteiger partial charge in [-0.25, -0.2) is 4.79 Å². The molecule has 0 aliphatic rings. The lowest BCUT2D eigenvalue weighted by molar-refractivity contribution is -0.148. The van der Waals surface area contributed by atoms with Crippen LogP contribution in [0.2, 0.25) is 5.02 Å². The van der Waals surface area contributed by atoms with Crippen LogP contribution < -0.4 is 4.74 Å². The normalized spacial score (nSPS) is 10.6. The maximum atomic E-state index is 11.8. The van der Waals surface area contributed by atoms with Gasteiger partial charge in [-0.2, -0.15) is 4.98 Å². The zero-order chi connectivity index (χ0) is 18.5. The molecular formula is C19H17ClN2O4. The Morgan fingerprint density at radius 1 is 1.15 bits per heavy atom.